The smallest absolute Gasteiger partial charge is 0.298 e. The molecule has 0 N–H and O–H groups in total. The van der Waals surface area contributed by atoms with Crippen molar-refractivity contribution in [1.82, 2.24) is 0 Å². The van der Waals surface area contributed by atoms with Crippen LogP contribution in [-0.4, -0.2) is 6.47 Å². The number of hydrogen-bond donors (Lipinski definition) is 0. The van der Waals surface area contributed by atoms with Crippen molar-refractivity contribution in [3.8, 4) is 5.75 Å². The highest BCUT2D eigenvalue weighted by Crippen LogP contribution is 2.39. The van der Waals surface area contributed by atoms with E-state index in [4.69, 9.17) is 4.74 Å². The molecule has 1 fully saturated rings. The number of unbranched alkanes of at least 4 members (excludes halogenated alkanes) is 2. The summed E-state index contributed by atoms with van der Waals surface area (Å²) in [7, 11) is 0. The molecule has 0 bridgehead atoms. The monoisotopic (exact) mass is 273 g/mol. The summed E-state index contributed by atoms with van der Waals surface area (Å²) in [4.78, 5) is 10.7. The van der Waals surface area contributed by atoms with E-state index in [1.807, 2.05) is 6.07 Å². The van der Waals surface area contributed by atoms with Gasteiger partial charge in [0.2, 0.25) is 0 Å². The third-order valence-corrected chi connectivity index (χ3v) is 4.32. The fraction of sp³-hybridized carbons (Fsp3) is 0.611. The molecule has 1 aliphatic carbocycles. The SMILES string of the molecule is CCCCCc1cc[c]c(OC=O)c1C1CCCCC1. The van der Waals surface area contributed by atoms with Crippen LogP contribution in [0.4, 0.5) is 0 Å². The Hall–Kier alpha value is -1.31. The summed E-state index contributed by atoms with van der Waals surface area (Å²) in [6.45, 7) is 2.76. The van der Waals surface area contributed by atoms with E-state index in [-0.39, 0.29) is 0 Å². The molecule has 2 heteroatoms. The molecule has 1 aromatic rings. The molecule has 0 spiro atoms. The van der Waals surface area contributed by atoms with Crippen LogP contribution in [-0.2, 0) is 11.2 Å². The van der Waals surface area contributed by atoms with Crippen LogP contribution in [0.15, 0.2) is 12.1 Å². The van der Waals surface area contributed by atoms with Gasteiger partial charge in [-0.15, -0.1) is 0 Å². The lowest BCUT2D eigenvalue weighted by Crippen LogP contribution is -2.10. The van der Waals surface area contributed by atoms with Gasteiger partial charge in [0, 0.05) is 11.6 Å². The molecule has 0 saturated heterocycles. The van der Waals surface area contributed by atoms with E-state index < -0.39 is 0 Å². The van der Waals surface area contributed by atoms with Gasteiger partial charge in [-0.05, 0) is 37.2 Å². The number of carbonyl (C=O) groups is 1. The minimum absolute atomic E-state index is 0.536. The number of aryl methyl sites for hydroxylation is 1. The van der Waals surface area contributed by atoms with Gasteiger partial charge in [0.05, 0.1) is 0 Å². The zero-order valence-electron chi connectivity index (χ0n) is 12.5. The molecule has 1 aromatic carbocycles. The Bertz CT molecular complexity index is 419. The van der Waals surface area contributed by atoms with Crippen LogP contribution in [0.5, 0.6) is 5.75 Å². The molecule has 0 atom stereocenters. The first-order valence-electron chi connectivity index (χ1n) is 8.00. The minimum Gasteiger partial charge on any atom is -0.428 e. The summed E-state index contributed by atoms with van der Waals surface area (Å²) < 4.78 is 5.20. The Kier molecular flexibility index (Phi) is 6.10. The number of ether oxygens (including phenoxy) is 1. The van der Waals surface area contributed by atoms with Gasteiger partial charge in [0.1, 0.15) is 5.75 Å². The van der Waals surface area contributed by atoms with Gasteiger partial charge >= 0.3 is 0 Å². The maximum Gasteiger partial charge on any atom is 0.298 e. The van der Waals surface area contributed by atoms with Gasteiger partial charge in [0.15, 0.2) is 0 Å². The maximum atomic E-state index is 10.7. The third kappa shape index (κ3) is 3.84. The van der Waals surface area contributed by atoms with Crippen molar-refractivity contribution in [2.24, 2.45) is 0 Å². The molecule has 1 radical (unpaired) electrons. The molecular formula is C18H25O2. The van der Waals surface area contributed by atoms with Gasteiger partial charge in [-0.3, -0.25) is 4.79 Å². The topological polar surface area (TPSA) is 26.3 Å². The third-order valence-electron chi connectivity index (χ3n) is 4.32. The van der Waals surface area contributed by atoms with Crippen LogP contribution in [0.2, 0.25) is 0 Å². The van der Waals surface area contributed by atoms with Crippen LogP contribution in [0.25, 0.3) is 0 Å². The summed E-state index contributed by atoms with van der Waals surface area (Å²) in [5.74, 6) is 1.22. The number of benzene rings is 1. The van der Waals surface area contributed by atoms with Crippen molar-refractivity contribution in [3.05, 3.63) is 29.3 Å². The molecule has 0 amide bonds. The van der Waals surface area contributed by atoms with E-state index in [1.54, 1.807) is 0 Å². The van der Waals surface area contributed by atoms with Gasteiger partial charge in [-0.2, -0.15) is 0 Å². The summed E-state index contributed by atoms with van der Waals surface area (Å²) >= 11 is 0. The van der Waals surface area contributed by atoms with Crippen LogP contribution in [0.3, 0.4) is 0 Å². The first kappa shape index (κ1) is 15.1. The summed E-state index contributed by atoms with van der Waals surface area (Å²) in [5.41, 5.74) is 2.62. The van der Waals surface area contributed by atoms with E-state index in [0.717, 1.165) is 6.42 Å². The lowest BCUT2D eigenvalue weighted by Gasteiger charge is -2.26. The quantitative estimate of drug-likeness (QED) is 0.527. The van der Waals surface area contributed by atoms with Crippen LogP contribution >= 0.6 is 0 Å². The fourth-order valence-corrected chi connectivity index (χ4v) is 3.30. The Balaban J connectivity index is 2.23. The molecule has 1 aliphatic rings. The molecule has 0 aliphatic heterocycles. The average Bonchev–Trinajstić information content (AvgIpc) is 2.49. The molecular weight excluding hydrogens is 248 g/mol. The number of rotatable bonds is 7. The van der Waals surface area contributed by atoms with Crippen molar-refractivity contribution < 1.29 is 9.53 Å². The second-order valence-corrected chi connectivity index (χ2v) is 5.75. The van der Waals surface area contributed by atoms with Crippen LogP contribution in [0, 0.1) is 6.07 Å². The van der Waals surface area contributed by atoms with E-state index >= 15 is 0 Å². The van der Waals surface area contributed by atoms with E-state index in [1.165, 1.54) is 62.5 Å². The van der Waals surface area contributed by atoms with Crippen LogP contribution in [0.1, 0.15) is 75.3 Å². The standard InChI is InChI=1S/C18H25O2/c1-2-3-5-9-16-12-8-13-17(20-14-19)18(16)15-10-6-4-7-11-15/h8,12,14-15H,2-7,9-11H2,1H3. The second kappa shape index (κ2) is 8.08. The van der Waals surface area contributed by atoms with Gasteiger partial charge in [-0.1, -0.05) is 51.2 Å². The lowest BCUT2D eigenvalue weighted by molar-refractivity contribution is -0.120. The second-order valence-electron chi connectivity index (χ2n) is 5.75. The van der Waals surface area contributed by atoms with E-state index in [2.05, 4.69) is 19.1 Å². The maximum absolute atomic E-state index is 10.7. The van der Waals surface area contributed by atoms with Gasteiger partial charge in [0.25, 0.3) is 6.47 Å². The predicted molar refractivity (Wildman–Crippen MR) is 81.0 cm³/mol. The molecule has 1 saturated carbocycles. The largest absolute Gasteiger partial charge is 0.428 e. The molecule has 20 heavy (non-hydrogen) atoms. The zero-order valence-corrected chi connectivity index (χ0v) is 12.5. The first-order valence-corrected chi connectivity index (χ1v) is 8.00. The Morgan fingerprint density at radius 2 is 2.10 bits per heavy atom. The fourth-order valence-electron chi connectivity index (χ4n) is 3.30. The lowest BCUT2D eigenvalue weighted by atomic mass is 9.80. The van der Waals surface area contributed by atoms with Gasteiger partial charge < -0.3 is 4.74 Å². The molecule has 0 aromatic heterocycles. The molecule has 2 rings (SSSR count). The zero-order chi connectivity index (χ0) is 14.2. The molecule has 0 heterocycles. The Labute approximate surface area is 122 Å². The predicted octanol–water partition coefficient (Wildman–Crippen LogP) is 4.80. The van der Waals surface area contributed by atoms with E-state index in [9.17, 15) is 4.79 Å². The van der Waals surface area contributed by atoms with Crippen molar-refractivity contribution in [1.29, 1.82) is 0 Å². The van der Waals surface area contributed by atoms with Crippen LogP contribution < -0.4 is 4.74 Å². The highest BCUT2D eigenvalue weighted by atomic mass is 16.5. The summed E-state index contributed by atoms with van der Waals surface area (Å²) in [5, 5.41) is 0. The Morgan fingerprint density at radius 1 is 1.30 bits per heavy atom. The first-order chi connectivity index (χ1) is 9.86. The molecule has 2 nitrogen and oxygen atoms in total. The highest BCUT2D eigenvalue weighted by molar-refractivity contribution is 5.51. The number of carbonyl (C=O) groups excluding carboxylic acids is 1. The average molecular weight is 273 g/mol. The molecule has 0 unspecified atom stereocenters. The normalized spacial score (nSPS) is 16.1. The number of hydrogen-bond acceptors (Lipinski definition) is 2. The van der Waals surface area contributed by atoms with Crippen molar-refractivity contribution in [3.63, 3.8) is 0 Å². The van der Waals surface area contributed by atoms with E-state index in [0.29, 0.717) is 18.1 Å². The minimum atomic E-state index is 0.536. The summed E-state index contributed by atoms with van der Waals surface area (Å²) in [6, 6.07) is 7.17. The van der Waals surface area contributed by atoms with Crippen molar-refractivity contribution in [2.75, 3.05) is 0 Å². The van der Waals surface area contributed by atoms with Gasteiger partial charge in [-0.25, -0.2) is 0 Å². The highest BCUT2D eigenvalue weighted by Gasteiger charge is 2.22. The molecule has 109 valence electrons. The van der Waals surface area contributed by atoms with Crippen molar-refractivity contribution >= 4 is 6.47 Å². The Morgan fingerprint density at radius 3 is 2.80 bits per heavy atom. The summed E-state index contributed by atoms with van der Waals surface area (Å²) in [6.07, 6.45) is 11.1. The van der Waals surface area contributed by atoms with Crippen molar-refractivity contribution in [2.45, 2.75) is 70.6 Å².